The predicted octanol–water partition coefficient (Wildman–Crippen LogP) is 1.65. The third-order valence-corrected chi connectivity index (χ3v) is 3.77. The minimum absolute atomic E-state index is 0.0621. The van der Waals surface area contributed by atoms with Crippen molar-refractivity contribution in [1.82, 2.24) is 9.97 Å². The Bertz CT molecular complexity index is 706. The molecule has 0 aliphatic rings. The molecule has 0 saturated heterocycles. The van der Waals surface area contributed by atoms with Crippen LogP contribution in [0.1, 0.15) is 0 Å². The van der Waals surface area contributed by atoms with Gasteiger partial charge in [-0.25, -0.2) is 22.8 Å². The van der Waals surface area contributed by atoms with Crippen LogP contribution < -0.4 is 10.5 Å². The van der Waals surface area contributed by atoms with Crippen LogP contribution in [0, 0.1) is 5.82 Å². The molecule has 19 heavy (non-hydrogen) atoms. The van der Waals surface area contributed by atoms with Gasteiger partial charge in [-0.3, -0.25) is 4.72 Å². The number of aromatic nitrogens is 2. The van der Waals surface area contributed by atoms with Crippen molar-refractivity contribution in [3.8, 4) is 0 Å². The van der Waals surface area contributed by atoms with E-state index in [0.717, 1.165) is 12.4 Å². The summed E-state index contributed by atoms with van der Waals surface area (Å²) in [6.07, 6.45) is 2.04. The summed E-state index contributed by atoms with van der Waals surface area (Å²) in [6.45, 7) is 0. The maximum Gasteiger partial charge on any atom is 0.265 e. The zero-order valence-electron chi connectivity index (χ0n) is 9.34. The summed E-state index contributed by atoms with van der Waals surface area (Å²) in [4.78, 5) is 6.87. The average molecular weight is 303 g/mol. The fourth-order valence-electron chi connectivity index (χ4n) is 1.25. The van der Waals surface area contributed by atoms with Gasteiger partial charge in [0.25, 0.3) is 10.0 Å². The van der Waals surface area contributed by atoms with Gasteiger partial charge < -0.3 is 5.73 Å². The Kier molecular flexibility index (Phi) is 3.54. The van der Waals surface area contributed by atoms with E-state index in [1.165, 1.54) is 18.2 Å². The lowest BCUT2D eigenvalue weighted by Crippen LogP contribution is -2.15. The molecule has 0 radical (unpaired) electrons. The number of hydrogen-bond donors (Lipinski definition) is 2. The summed E-state index contributed by atoms with van der Waals surface area (Å²) in [5.41, 5.74) is 4.99. The lowest BCUT2D eigenvalue weighted by Gasteiger charge is -2.09. The average Bonchev–Trinajstić information content (AvgIpc) is 2.35. The van der Waals surface area contributed by atoms with Gasteiger partial charge in [-0.05, 0) is 12.1 Å². The van der Waals surface area contributed by atoms with Crippen molar-refractivity contribution in [3.05, 3.63) is 41.4 Å². The molecule has 0 amide bonds. The van der Waals surface area contributed by atoms with Gasteiger partial charge >= 0.3 is 0 Å². The fourth-order valence-corrected chi connectivity index (χ4v) is 2.37. The minimum atomic E-state index is -4.00. The fraction of sp³-hybridized carbons (Fsp3) is 0. The molecule has 100 valence electrons. The Morgan fingerprint density at radius 3 is 2.53 bits per heavy atom. The molecule has 2 rings (SSSR count). The quantitative estimate of drug-likeness (QED) is 0.898. The predicted molar refractivity (Wildman–Crippen MR) is 68.7 cm³/mol. The summed E-state index contributed by atoms with van der Waals surface area (Å²) in [7, 11) is -4.00. The Morgan fingerprint density at radius 2 is 1.89 bits per heavy atom. The standard InChI is InChI=1S/C10H8ClFN4O2S/c11-7-2-1-3-8(9(7)12)16-19(17,18)6-4-14-10(13)15-5-6/h1-5,16H,(H2,13,14,15). The molecule has 1 aromatic heterocycles. The summed E-state index contributed by atoms with van der Waals surface area (Å²) in [6, 6.07) is 3.97. The zero-order valence-corrected chi connectivity index (χ0v) is 10.9. The van der Waals surface area contributed by atoms with E-state index >= 15 is 0 Å². The van der Waals surface area contributed by atoms with Gasteiger partial charge in [-0.15, -0.1) is 0 Å². The maximum atomic E-state index is 13.6. The first-order valence-electron chi connectivity index (χ1n) is 4.94. The van der Waals surface area contributed by atoms with Gasteiger partial charge in [0.15, 0.2) is 5.82 Å². The number of nitrogens with two attached hydrogens (primary N) is 1. The van der Waals surface area contributed by atoms with E-state index in [1.807, 2.05) is 0 Å². The van der Waals surface area contributed by atoms with Crippen LogP contribution >= 0.6 is 11.6 Å². The molecular formula is C10H8ClFN4O2S. The molecule has 0 fully saturated rings. The van der Waals surface area contributed by atoms with Gasteiger partial charge in [0.1, 0.15) is 4.90 Å². The van der Waals surface area contributed by atoms with Crippen LogP contribution in [-0.4, -0.2) is 18.4 Å². The van der Waals surface area contributed by atoms with Crippen molar-refractivity contribution in [3.63, 3.8) is 0 Å². The van der Waals surface area contributed by atoms with Crippen molar-refractivity contribution in [2.24, 2.45) is 0 Å². The molecule has 0 unspecified atom stereocenters. The second-order valence-corrected chi connectivity index (χ2v) is 5.57. The van der Waals surface area contributed by atoms with E-state index in [1.54, 1.807) is 0 Å². The highest BCUT2D eigenvalue weighted by atomic mass is 35.5. The van der Waals surface area contributed by atoms with Gasteiger partial charge in [0.05, 0.1) is 23.1 Å². The molecule has 0 aliphatic heterocycles. The number of sulfonamides is 1. The largest absolute Gasteiger partial charge is 0.368 e. The van der Waals surface area contributed by atoms with Gasteiger partial charge in [-0.2, -0.15) is 0 Å². The number of nitrogens with one attached hydrogen (secondary N) is 1. The van der Waals surface area contributed by atoms with Crippen LogP contribution in [0.4, 0.5) is 16.0 Å². The molecule has 0 saturated carbocycles. The lowest BCUT2D eigenvalue weighted by molar-refractivity contribution is 0.598. The highest BCUT2D eigenvalue weighted by Crippen LogP contribution is 2.24. The monoisotopic (exact) mass is 302 g/mol. The number of halogens is 2. The third kappa shape index (κ3) is 2.91. The molecule has 3 N–H and O–H groups in total. The molecule has 0 bridgehead atoms. The van der Waals surface area contributed by atoms with Crippen molar-refractivity contribution in [2.45, 2.75) is 4.90 Å². The number of rotatable bonds is 3. The number of nitrogens with zero attached hydrogens (tertiary/aromatic N) is 2. The molecule has 0 spiro atoms. The van der Waals surface area contributed by atoms with Crippen molar-refractivity contribution >= 4 is 33.3 Å². The lowest BCUT2D eigenvalue weighted by atomic mass is 10.3. The second-order valence-electron chi connectivity index (χ2n) is 3.48. The maximum absolute atomic E-state index is 13.6. The Hall–Kier alpha value is -1.93. The number of hydrogen-bond acceptors (Lipinski definition) is 5. The van der Waals surface area contributed by atoms with E-state index < -0.39 is 15.8 Å². The van der Waals surface area contributed by atoms with E-state index in [2.05, 4.69) is 14.7 Å². The Morgan fingerprint density at radius 1 is 1.26 bits per heavy atom. The minimum Gasteiger partial charge on any atom is -0.368 e. The first-order chi connectivity index (χ1) is 8.90. The van der Waals surface area contributed by atoms with E-state index in [4.69, 9.17) is 17.3 Å². The normalized spacial score (nSPS) is 11.3. The highest BCUT2D eigenvalue weighted by Gasteiger charge is 2.18. The van der Waals surface area contributed by atoms with Crippen molar-refractivity contribution < 1.29 is 12.8 Å². The number of benzene rings is 1. The molecular weight excluding hydrogens is 295 g/mol. The number of anilines is 2. The molecule has 0 aliphatic carbocycles. The summed E-state index contributed by atoms with van der Waals surface area (Å²) < 4.78 is 39.5. The van der Waals surface area contributed by atoms with E-state index in [9.17, 15) is 12.8 Å². The topological polar surface area (TPSA) is 98.0 Å². The Labute approximate surface area is 113 Å². The van der Waals surface area contributed by atoms with Gasteiger partial charge in [0.2, 0.25) is 5.95 Å². The first-order valence-corrected chi connectivity index (χ1v) is 6.80. The molecule has 0 atom stereocenters. The molecule has 9 heteroatoms. The summed E-state index contributed by atoms with van der Waals surface area (Å²) in [5, 5.41) is -0.186. The van der Waals surface area contributed by atoms with Gasteiger partial charge in [-0.1, -0.05) is 17.7 Å². The van der Waals surface area contributed by atoms with Crippen LogP contribution in [0.5, 0.6) is 0 Å². The zero-order chi connectivity index (χ0) is 14.0. The van der Waals surface area contributed by atoms with Crippen LogP contribution in [-0.2, 0) is 10.0 Å². The molecule has 6 nitrogen and oxygen atoms in total. The van der Waals surface area contributed by atoms with Crippen LogP contribution in [0.3, 0.4) is 0 Å². The third-order valence-electron chi connectivity index (χ3n) is 2.15. The van der Waals surface area contributed by atoms with E-state index in [0.29, 0.717) is 0 Å². The summed E-state index contributed by atoms with van der Waals surface area (Å²) in [5.74, 6) is -0.919. The molecule has 2 aromatic rings. The van der Waals surface area contributed by atoms with Crippen LogP contribution in [0.15, 0.2) is 35.5 Å². The molecule has 1 aromatic carbocycles. The van der Waals surface area contributed by atoms with Gasteiger partial charge in [0, 0.05) is 0 Å². The molecule has 1 heterocycles. The summed E-state index contributed by atoms with van der Waals surface area (Å²) >= 11 is 5.56. The Balaban J connectivity index is 2.36. The first kappa shape index (κ1) is 13.5. The number of nitrogen functional groups attached to an aromatic ring is 1. The van der Waals surface area contributed by atoms with Crippen LogP contribution in [0.25, 0.3) is 0 Å². The smallest absolute Gasteiger partial charge is 0.265 e. The SMILES string of the molecule is Nc1ncc(S(=O)(=O)Nc2cccc(Cl)c2F)cn1. The highest BCUT2D eigenvalue weighted by molar-refractivity contribution is 7.92. The second kappa shape index (κ2) is 4.98. The van der Waals surface area contributed by atoms with Crippen molar-refractivity contribution in [1.29, 1.82) is 0 Å². The van der Waals surface area contributed by atoms with E-state index in [-0.39, 0.29) is 21.6 Å². The van der Waals surface area contributed by atoms with Crippen molar-refractivity contribution in [2.75, 3.05) is 10.5 Å². The van der Waals surface area contributed by atoms with Crippen LogP contribution in [0.2, 0.25) is 5.02 Å².